The molecular formula is C18H22N2O. The summed E-state index contributed by atoms with van der Waals surface area (Å²) in [5, 5.41) is 0. The molecule has 0 N–H and O–H groups in total. The lowest BCUT2D eigenvalue weighted by atomic mass is 9.94. The minimum atomic E-state index is 0.540. The van der Waals surface area contributed by atoms with Crippen molar-refractivity contribution >= 4 is 0 Å². The van der Waals surface area contributed by atoms with E-state index in [-0.39, 0.29) is 0 Å². The number of hydrogen-bond acceptors (Lipinski definition) is 3. The smallest absolute Gasteiger partial charge is 0.128 e. The number of piperidine rings is 1. The number of rotatable bonds is 3. The number of methoxy groups -OCH3 is 1. The summed E-state index contributed by atoms with van der Waals surface area (Å²) in [6.45, 7) is 2.30. The first kappa shape index (κ1) is 14.1. The Bertz CT molecular complexity index is 612. The molecule has 1 fully saturated rings. The van der Waals surface area contributed by atoms with Gasteiger partial charge in [-0.25, -0.2) is 0 Å². The third kappa shape index (κ3) is 3.08. The van der Waals surface area contributed by atoms with Crippen LogP contribution in [0, 0.1) is 0 Å². The lowest BCUT2D eigenvalue weighted by Gasteiger charge is -2.29. The largest absolute Gasteiger partial charge is 0.496 e. The molecule has 1 aliphatic rings. The highest BCUT2D eigenvalue weighted by Crippen LogP contribution is 2.31. The van der Waals surface area contributed by atoms with Crippen LogP contribution >= 0.6 is 0 Å². The second kappa shape index (κ2) is 6.27. The Morgan fingerprint density at radius 1 is 1.14 bits per heavy atom. The molecule has 3 rings (SSSR count). The molecule has 3 heteroatoms. The van der Waals surface area contributed by atoms with Crippen LogP contribution in [0.15, 0.2) is 42.5 Å². The Balaban J connectivity index is 1.92. The fraction of sp³-hybridized carbons (Fsp3) is 0.389. The van der Waals surface area contributed by atoms with Crippen molar-refractivity contribution in [1.29, 1.82) is 0 Å². The first-order chi connectivity index (χ1) is 10.3. The third-order valence-corrected chi connectivity index (χ3v) is 4.20. The van der Waals surface area contributed by atoms with Crippen molar-refractivity contribution in [1.82, 2.24) is 9.88 Å². The average molecular weight is 282 g/mol. The molecule has 2 heterocycles. The van der Waals surface area contributed by atoms with E-state index in [9.17, 15) is 0 Å². The zero-order valence-electron chi connectivity index (χ0n) is 12.7. The number of nitrogens with zero attached hydrogens (tertiary/aromatic N) is 2. The molecule has 0 spiro atoms. The number of ether oxygens (including phenoxy) is 1. The molecule has 0 aliphatic carbocycles. The Kier molecular flexibility index (Phi) is 4.20. The number of likely N-dealkylation sites (N-methyl/N-ethyl adjacent to an activating group) is 1. The van der Waals surface area contributed by atoms with Crippen molar-refractivity contribution in [2.24, 2.45) is 0 Å². The molecule has 0 bridgehead atoms. The fourth-order valence-corrected chi connectivity index (χ4v) is 3.09. The van der Waals surface area contributed by atoms with Gasteiger partial charge in [-0.05, 0) is 50.7 Å². The van der Waals surface area contributed by atoms with Gasteiger partial charge in [-0.2, -0.15) is 0 Å². The molecule has 1 aromatic carbocycles. The summed E-state index contributed by atoms with van der Waals surface area (Å²) >= 11 is 0. The highest BCUT2D eigenvalue weighted by Gasteiger charge is 2.20. The van der Waals surface area contributed by atoms with Crippen molar-refractivity contribution < 1.29 is 4.74 Å². The van der Waals surface area contributed by atoms with Crippen LogP contribution in [0.3, 0.4) is 0 Å². The van der Waals surface area contributed by atoms with Crippen LogP contribution in [0.4, 0.5) is 0 Å². The molecular weight excluding hydrogens is 260 g/mol. The molecule has 1 atom stereocenters. The normalized spacial score (nSPS) is 19.4. The number of benzene rings is 1. The maximum atomic E-state index is 5.45. The molecule has 2 aromatic rings. The van der Waals surface area contributed by atoms with Gasteiger partial charge >= 0.3 is 0 Å². The quantitative estimate of drug-likeness (QED) is 0.860. The molecule has 1 saturated heterocycles. The van der Waals surface area contributed by atoms with Crippen molar-refractivity contribution in [3.8, 4) is 17.0 Å². The van der Waals surface area contributed by atoms with E-state index in [1.54, 1.807) is 7.11 Å². The molecule has 0 amide bonds. The number of hydrogen-bond donors (Lipinski definition) is 0. The van der Waals surface area contributed by atoms with E-state index in [0.29, 0.717) is 5.92 Å². The monoisotopic (exact) mass is 282 g/mol. The van der Waals surface area contributed by atoms with Gasteiger partial charge in [0.05, 0.1) is 12.8 Å². The van der Waals surface area contributed by atoms with Crippen LogP contribution in [0.5, 0.6) is 5.75 Å². The highest BCUT2D eigenvalue weighted by atomic mass is 16.5. The third-order valence-electron chi connectivity index (χ3n) is 4.20. The van der Waals surface area contributed by atoms with Gasteiger partial charge in [-0.15, -0.1) is 0 Å². The Hall–Kier alpha value is -1.87. The maximum absolute atomic E-state index is 5.45. The summed E-state index contributed by atoms with van der Waals surface area (Å²) in [5.41, 5.74) is 3.26. The predicted octanol–water partition coefficient (Wildman–Crippen LogP) is 3.57. The standard InChI is InChI=1S/C18H22N2O/c1-20-12-6-7-14(13-20)16-9-5-10-17(19-16)15-8-3-4-11-18(15)21-2/h3-5,8-11,14H,6-7,12-13H2,1-2H3/t14-/m1/s1. The lowest BCUT2D eigenvalue weighted by Crippen LogP contribution is -2.31. The number of aromatic nitrogens is 1. The molecule has 1 aromatic heterocycles. The first-order valence-corrected chi connectivity index (χ1v) is 7.57. The van der Waals surface area contributed by atoms with E-state index in [2.05, 4.69) is 36.2 Å². The summed E-state index contributed by atoms with van der Waals surface area (Å²) in [6.07, 6.45) is 2.48. The molecule has 3 nitrogen and oxygen atoms in total. The predicted molar refractivity (Wildman–Crippen MR) is 85.7 cm³/mol. The summed E-state index contributed by atoms with van der Waals surface area (Å²) < 4.78 is 5.45. The van der Waals surface area contributed by atoms with Crippen molar-refractivity contribution in [2.75, 3.05) is 27.2 Å². The second-order valence-corrected chi connectivity index (χ2v) is 5.75. The summed E-state index contributed by atoms with van der Waals surface area (Å²) in [6, 6.07) is 14.4. The summed E-state index contributed by atoms with van der Waals surface area (Å²) in [7, 11) is 3.90. The van der Waals surface area contributed by atoms with Crippen LogP contribution in [-0.2, 0) is 0 Å². The van der Waals surface area contributed by atoms with Gasteiger partial charge in [0.1, 0.15) is 5.75 Å². The topological polar surface area (TPSA) is 25.4 Å². The van der Waals surface area contributed by atoms with E-state index in [1.807, 2.05) is 18.2 Å². The van der Waals surface area contributed by atoms with E-state index in [1.165, 1.54) is 25.1 Å². The highest BCUT2D eigenvalue weighted by molar-refractivity contribution is 5.67. The van der Waals surface area contributed by atoms with E-state index < -0.39 is 0 Å². The lowest BCUT2D eigenvalue weighted by molar-refractivity contribution is 0.248. The summed E-state index contributed by atoms with van der Waals surface area (Å²) in [4.78, 5) is 7.30. The number of pyridine rings is 1. The van der Waals surface area contributed by atoms with Gasteiger partial charge < -0.3 is 9.64 Å². The van der Waals surface area contributed by atoms with Gasteiger partial charge in [0, 0.05) is 23.7 Å². The van der Waals surface area contributed by atoms with Gasteiger partial charge in [0.25, 0.3) is 0 Å². The molecule has 0 saturated carbocycles. The van der Waals surface area contributed by atoms with Gasteiger partial charge in [0.2, 0.25) is 0 Å². The second-order valence-electron chi connectivity index (χ2n) is 5.75. The van der Waals surface area contributed by atoms with Crippen molar-refractivity contribution in [3.05, 3.63) is 48.2 Å². The Labute approximate surface area is 126 Å². The van der Waals surface area contributed by atoms with Crippen LogP contribution in [-0.4, -0.2) is 37.1 Å². The molecule has 0 unspecified atom stereocenters. The van der Waals surface area contributed by atoms with Crippen LogP contribution in [0.1, 0.15) is 24.5 Å². The minimum absolute atomic E-state index is 0.540. The Morgan fingerprint density at radius 3 is 2.81 bits per heavy atom. The number of likely N-dealkylation sites (tertiary alicyclic amines) is 1. The van der Waals surface area contributed by atoms with Gasteiger partial charge in [-0.1, -0.05) is 18.2 Å². The van der Waals surface area contributed by atoms with E-state index >= 15 is 0 Å². The molecule has 1 aliphatic heterocycles. The van der Waals surface area contributed by atoms with Crippen molar-refractivity contribution in [3.63, 3.8) is 0 Å². The summed E-state index contributed by atoms with van der Waals surface area (Å²) in [5.74, 6) is 1.42. The minimum Gasteiger partial charge on any atom is -0.496 e. The van der Waals surface area contributed by atoms with Crippen LogP contribution in [0.25, 0.3) is 11.3 Å². The van der Waals surface area contributed by atoms with Gasteiger partial charge in [0.15, 0.2) is 0 Å². The number of para-hydroxylation sites is 1. The van der Waals surface area contributed by atoms with E-state index in [4.69, 9.17) is 9.72 Å². The average Bonchev–Trinajstić information content (AvgIpc) is 2.55. The van der Waals surface area contributed by atoms with Crippen LogP contribution < -0.4 is 4.74 Å². The van der Waals surface area contributed by atoms with E-state index in [0.717, 1.165) is 23.6 Å². The zero-order valence-corrected chi connectivity index (χ0v) is 12.7. The first-order valence-electron chi connectivity index (χ1n) is 7.57. The molecule has 21 heavy (non-hydrogen) atoms. The maximum Gasteiger partial charge on any atom is 0.128 e. The molecule has 110 valence electrons. The van der Waals surface area contributed by atoms with Crippen LogP contribution in [0.2, 0.25) is 0 Å². The molecule has 0 radical (unpaired) electrons. The van der Waals surface area contributed by atoms with Crippen molar-refractivity contribution in [2.45, 2.75) is 18.8 Å². The SMILES string of the molecule is COc1ccccc1-c1cccc([C@@H]2CCCN(C)C2)n1. The fourth-order valence-electron chi connectivity index (χ4n) is 3.09. The van der Waals surface area contributed by atoms with Gasteiger partial charge in [-0.3, -0.25) is 4.98 Å². The zero-order chi connectivity index (χ0) is 14.7. The Morgan fingerprint density at radius 2 is 2.00 bits per heavy atom.